The second kappa shape index (κ2) is 5.04. The van der Waals surface area contributed by atoms with Gasteiger partial charge in [-0.1, -0.05) is 0 Å². The van der Waals surface area contributed by atoms with Crippen molar-refractivity contribution in [1.82, 2.24) is 14.9 Å². The van der Waals surface area contributed by atoms with Crippen LogP contribution >= 0.6 is 11.8 Å². The summed E-state index contributed by atoms with van der Waals surface area (Å²) in [7, 11) is 4.10. The third-order valence-electron chi connectivity index (χ3n) is 1.44. The standard InChI is InChI=1S/C8H14N4S/c1-12(2)5-6-13-7-3-4-10-8(9)11-7/h3-4H,5-6H2,1-2H3,(H2,9,10,11). The fourth-order valence-electron chi connectivity index (χ4n) is 0.770. The molecule has 0 amide bonds. The first kappa shape index (κ1) is 10.3. The van der Waals surface area contributed by atoms with Gasteiger partial charge in [0.2, 0.25) is 5.95 Å². The molecule has 0 fully saturated rings. The zero-order chi connectivity index (χ0) is 9.68. The largest absolute Gasteiger partial charge is 0.368 e. The maximum Gasteiger partial charge on any atom is 0.221 e. The number of anilines is 1. The van der Waals surface area contributed by atoms with Gasteiger partial charge in [0.25, 0.3) is 0 Å². The molecular weight excluding hydrogens is 184 g/mol. The van der Waals surface area contributed by atoms with Crippen molar-refractivity contribution in [3.63, 3.8) is 0 Å². The van der Waals surface area contributed by atoms with Crippen LogP contribution in [0.3, 0.4) is 0 Å². The van der Waals surface area contributed by atoms with E-state index in [4.69, 9.17) is 5.73 Å². The van der Waals surface area contributed by atoms with Gasteiger partial charge in [0.1, 0.15) is 5.03 Å². The Morgan fingerprint density at radius 1 is 1.54 bits per heavy atom. The van der Waals surface area contributed by atoms with Crippen molar-refractivity contribution >= 4 is 17.7 Å². The Bertz CT molecular complexity index is 264. The average molecular weight is 198 g/mol. The lowest BCUT2D eigenvalue weighted by Crippen LogP contribution is -2.14. The minimum atomic E-state index is 0.342. The summed E-state index contributed by atoms with van der Waals surface area (Å²) in [5, 5.41) is 0.939. The van der Waals surface area contributed by atoms with E-state index in [9.17, 15) is 0 Å². The normalized spacial score (nSPS) is 10.7. The Hall–Kier alpha value is -0.810. The van der Waals surface area contributed by atoms with E-state index in [2.05, 4.69) is 29.0 Å². The zero-order valence-corrected chi connectivity index (χ0v) is 8.71. The van der Waals surface area contributed by atoms with E-state index >= 15 is 0 Å². The van der Waals surface area contributed by atoms with Crippen LogP contribution in [0.2, 0.25) is 0 Å². The van der Waals surface area contributed by atoms with Gasteiger partial charge in [0, 0.05) is 18.5 Å². The van der Waals surface area contributed by atoms with E-state index < -0.39 is 0 Å². The molecule has 0 spiro atoms. The molecule has 2 N–H and O–H groups in total. The molecule has 0 aliphatic rings. The third-order valence-corrected chi connectivity index (χ3v) is 2.35. The van der Waals surface area contributed by atoms with Gasteiger partial charge in [0.15, 0.2) is 0 Å². The Morgan fingerprint density at radius 3 is 2.92 bits per heavy atom. The Kier molecular flexibility index (Phi) is 3.98. The minimum Gasteiger partial charge on any atom is -0.368 e. The molecule has 1 rings (SSSR count). The summed E-state index contributed by atoms with van der Waals surface area (Å²) in [6.07, 6.45) is 1.68. The molecule has 0 aromatic carbocycles. The highest BCUT2D eigenvalue weighted by Gasteiger charge is 1.97. The topological polar surface area (TPSA) is 55.0 Å². The first-order valence-electron chi connectivity index (χ1n) is 4.04. The second-order valence-electron chi connectivity index (χ2n) is 2.90. The zero-order valence-electron chi connectivity index (χ0n) is 7.90. The predicted molar refractivity (Wildman–Crippen MR) is 55.7 cm³/mol. The number of nitrogens with two attached hydrogens (primary N) is 1. The van der Waals surface area contributed by atoms with Crippen molar-refractivity contribution in [2.24, 2.45) is 0 Å². The van der Waals surface area contributed by atoms with Gasteiger partial charge in [-0.15, -0.1) is 11.8 Å². The molecule has 0 radical (unpaired) electrons. The number of nitrogens with zero attached hydrogens (tertiary/aromatic N) is 3. The van der Waals surface area contributed by atoms with E-state index in [-0.39, 0.29) is 0 Å². The first-order chi connectivity index (χ1) is 6.18. The van der Waals surface area contributed by atoms with Gasteiger partial charge in [0.05, 0.1) is 0 Å². The summed E-state index contributed by atoms with van der Waals surface area (Å²) in [5.74, 6) is 1.36. The summed E-state index contributed by atoms with van der Waals surface area (Å²) in [4.78, 5) is 10.0. The van der Waals surface area contributed by atoms with Crippen molar-refractivity contribution in [3.8, 4) is 0 Å². The molecule has 1 aromatic rings. The number of thioether (sulfide) groups is 1. The molecular formula is C8H14N4S. The second-order valence-corrected chi connectivity index (χ2v) is 4.02. The van der Waals surface area contributed by atoms with Crippen molar-refractivity contribution < 1.29 is 0 Å². The molecule has 1 aromatic heterocycles. The molecule has 13 heavy (non-hydrogen) atoms. The number of rotatable bonds is 4. The molecule has 0 saturated heterocycles. The lowest BCUT2D eigenvalue weighted by atomic mass is 10.7. The van der Waals surface area contributed by atoms with Gasteiger partial charge >= 0.3 is 0 Å². The van der Waals surface area contributed by atoms with Crippen LogP contribution in [0.1, 0.15) is 0 Å². The number of hydrogen-bond donors (Lipinski definition) is 1. The summed E-state index contributed by atoms with van der Waals surface area (Å²) in [6, 6.07) is 1.87. The quantitative estimate of drug-likeness (QED) is 0.570. The van der Waals surface area contributed by atoms with Crippen molar-refractivity contribution in [1.29, 1.82) is 0 Å². The monoisotopic (exact) mass is 198 g/mol. The summed E-state index contributed by atoms with van der Waals surface area (Å²) >= 11 is 1.69. The van der Waals surface area contributed by atoms with Crippen molar-refractivity contribution in [2.45, 2.75) is 5.03 Å². The Morgan fingerprint density at radius 2 is 2.31 bits per heavy atom. The lowest BCUT2D eigenvalue weighted by Gasteiger charge is -2.07. The highest BCUT2D eigenvalue weighted by atomic mass is 32.2. The van der Waals surface area contributed by atoms with Gasteiger partial charge in [-0.05, 0) is 20.2 Å². The van der Waals surface area contributed by atoms with Crippen molar-refractivity contribution in [3.05, 3.63) is 12.3 Å². The van der Waals surface area contributed by atoms with E-state index in [1.165, 1.54) is 0 Å². The van der Waals surface area contributed by atoms with Crippen LogP contribution in [-0.2, 0) is 0 Å². The maximum absolute atomic E-state index is 5.44. The highest BCUT2D eigenvalue weighted by Crippen LogP contribution is 2.14. The molecule has 0 unspecified atom stereocenters. The van der Waals surface area contributed by atoms with Crippen LogP contribution in [0, 0.1) is 0 Å². The third kappa shape index (κ3) is 4.10. The average Bonchev–Trinajstić information content (AvgIpc) is 2.03. The van der Waals surface area contributed by atoms with Crippen molar-refractivity contribution in [2.75, 3.05) is 32.1 Å². The van der Waals surface area contributed by atoms with Crippen LogP contribution in [0.4, 0.5) is 5.95 Å². The van der Waals surface area contributed by atoms with E-state index in [0.29, 0.717) is 5.95 Å². The molecule has 1 heterocycles. The molecule has 72 valence electrons. The molecule has 0 aliphatic heterocycles. The van der Waals surface area contributed by atoms with Crippen LogP contribution in [0.15, 0.2) is 17.3 Å². The number of hydrogen-bond acceptors (Lipinski definition) is 5. The molecule has 0 saturated carbocycles. The van der Waals surface area contributed by atoms with Gasteiger partial charge < -0.3 is 10.6 Å². The number of aromatic nitrogens is 2. The van der Waals surface area contributed by atoms with Crippen LogP contribution in [0.5, 0.6) is 0 Å². The molecule has 0 bridgehead atoms. The van der Waals surface area contributed by atoms with E-state index in [0.717, 1.165) is 17.3 Å². The summed E-state index contributed by atoms with van der Waals surface area (Å²) < 4.78 is 0. The number of nitrogen functional groups attached to an aromatic ring is 1. The molecule has 5 heteroatoms. The molecule has 4 nitrogen and oxygen atoms in total. The highest BCUT2D eigenvalue weighted by molar-refractivity contribution is 7.99. The first-order valence-corrected chi connectivity index (χ1v) is 5.03. The van der Waals surface area contributed by atoms with Gasteiger partial charge in [-0.25, -0.2) is 9.97 Å². The van der Waals surface area contributed by atoms with E-state index in [1.807, 2.05) is 6.07 Å². The Balaban J connectivity index is 2.37. The van der Waals surface area contributed by atoms with Crippen LogP contribution < -0.4 is 5.73 Å². The summed E-state index contributed by atoms with van der Waals surface area (Å²) in [6.45, 7) is 1.04. The minimum absolute atomic E-state index is 0.342. The Labute approximate surface area is 82.6 Å². The van der Waals surface area contributed by atoms with Gasteiger partial charge in [-0.3, -0.25) is 0 Å². The smallest absolute Gasteiger partial charge is 0.221 e. The fourth-order valence-corrected chi connectivity index (χ4v) is 1.75. The SMILES string of the molecule is CN(C)CCSc1ccnc(N)n1. The summed E-state index contributed by atoms with van der Waals surface area (Å²) in [5.41, 5.74) is 5.44. The van der Waals surface area contributed by atoms with E-state index in [1.54, 1.807) is 18.0 Å². The fraction of sp³-hybridized carbons (Fsp3) is 0.500. The van der Waals surface area contributed by atoms with Gasteiger partial charge in [-0.2, -0.15) is 0 Å². The maximum atomic E-state index is 5.44. The molecule has 0 atom stereocenters. The lowest BCUT2D eigenvalue weighted by molar-refractivity contribution is 0.437. The molecule has 0 aliphatic carbocycles. The predicted octanol–water partition coefficient (Wildman–Crippen LogP) is 0.713. The van der Waals surface area contributed by atoms with Crippen LogP contribution in [0.25, 0.3) is 0 Å². The van der Waals surface area contributed by atoms with Crippen LogP contribution in [-0.4, -0.2) is 41.3 Å².